The molecule has 1 aromatic carbocycles. The molecule has 0 amide bonds. The van der Waals surface area contributed by atoms with Crippen LogP contribution in [0.3, 0.4) is 0 Å². The molecule has 7 nitrogen and oxygen atoms in total. The summed E-state index contributed by atoms with van der Waals surface area (Å²) in [5.74, 6) is 1.59. The van der Waals surface area contributed by atoms with E-state index in [-0.39, 0.29) is 11.5 Å². The van der Waals surface area contributed by atoms with Crippen LogP contribution in [-0.4, -0.2) is 54.1 Å². The molecule has 1 atom stereocenters. The number of hydrogen-bond acceptors (Lipinski definition) is 6. The smallest absolute Gasteiger partial charge is 0.155 e. The lowest BCUT2D eigenvalue weighted by Crippen LogP contribution is -2.49. The van der Waals surface area contributed by atoms with Gasteiger partial charge in [-0.3, -0.25) is 0 Å². The van der Waals surface area contributed by atoms with Gasteiger partial charge in [0.2, 0.25) is 0 Å². The molecule has 158 valence electrons. The number of fused-ring (bicyclic) bond motifs is 1. The van der Waals surface area contributed by atoms with Crippen LogP contribution in [-0.2, 0) is 4.74 Å². The Morgan fingerprint density at radius 1 is 1.27 bits per heavy atom. The highest BCUT2D eigenvalue weighted by molar-refractivity contribution is 6.34. The first-order valence-electron chi connectivity index (χ1n) is 10.3. The van der Waals surface area contributed by atoms with Gasteiger partial charge in [0.25, 0.3) is 0 Å². The number of nitrogens with zero attached hydrogens (tertiary/aromatic N) is 4. The molecule has 1 spiro atoms. The van der Waals surface area contributed by atoms with Crippen molar-refractivity contribution in [2.75, 3.05) is 38.3 Å². The second kappa shape index (κ2) is 7.41. The number of ether oxygens (including phenoxy) is 2. The monoisotopic (exact) mass is 427 g/mol. The highest BCUT2D eigenvalue weighted by atomic mass is 35.5. The highest BCUT2D eigenvalue weighted by Gasteiger charge is 2.44. The van der Waals surface area contributed by atoms with Crippen molar-refractivity contribution in [3.05, 3.63) is 41.2 Å². The number of aryl methyl sites for hydroxylation is 1. The van der Waals surface area contributed by atoms with Gasteiger partial charge in [-0.25, -0.2) is 9.50 Å². The molecule has 2 aromatic heterocycles. The van der Waals surface area contributed by atoms with E-state index < -0.39 is 0 Å². The van der Waals surface area contributed by atoms with E-state index in [1.165, 1.54) is 0 Å². The Labute approximate surface area is 180 Å². The number of nitrogens with two attached hydrogens (primary N) is 1. The lowest BCUT2D eigenvalue weighted by Gasteiger charge is -2.41. The fraction of sp³-hybridized carbons (Fsp3) is 0.455. The molecule has 0 bridgehead atoms. The molecule has 2 aliphatic heterocycles. The molecule has 2 aliphatic rings. The summed E-state index contributed by atoms with van der Waals surface area (Å²) in [4.78, 5) is 7.35. The highest BCUT2D eigenvalue weighted by Crippen LogP contribution is 2.41. The second-order valence-electron chi connectivity index (χ2n) is 8.29. The first kappa shape index (κ1) is 19.6. The first-order chi connectivity index (χ1) is 14.5. The molecule has 3 aromatic rings. The average molecular weight is 428 g/mol. The van der Waals surface area contributed by atoms with Crippen molar-refractivity contribution in [2.45, 2.75) is 25.8 Å². The third-order valence-corrected chi connectivity index (χ3v) is 7.06. The fourth-order valence-corrected chi connectivity index (χ4v) is 5.11. The van der Waals surface area contributed by atoms with Crippen LogP contribution in [0.5, 0.6) is 5.75 Å². The van der Waals surface area contributed by atoms with Gasteiger partial charge in [0.1, 0.15) is 11.3 Å². The van der Waals surface area contributed by atoms with Gasteiger partial charge >= 0.3 is 0 Å². The van der Waals surface area contributed by atoms with Crippen LogP contribution in [0.25, 0.3) is 16.8 Å². The average Bonchev–Trinajstić information content (AvgIpc) is 3.37. The van der Waals surface area contributed by atoms with Gasteiger partial charge in [-0.15, -0.1) is 0 Å². The number of halogens is 1. The zero-order valence-corrected chi connectivity index (χ0v) is 18.0. The molecule has 4 heterocycles. The van der Waals surface area contributed by atoms with E-state index >= 15 is 0 Å². The summed E-state index contributed by atoms with van der Waals surface area (Å²) < 4.78 is 13.0. The van der Waals surface area contributed by atoms with Crippen molar-refractivity contribution in [2.24, 2.45) is 11.1 Å². The molecule has 2 fully saturated rings. The summed E-state index contributed by atoms with van der Waals surface area (Å²) in [6.07, 6.45) is 3.83. The van der Waals surface area contributed by atoms with Crippen molar-refractivity contribution >= 4 is 22.9 Å². The van der Waals surface area contributed by atoms with Gasteiger partial charge < -0.3 is 20.1 Å². The Bertz CT molecular complexity index is 1090. The summed E-state index contributed by atoms with van der Waals surface area (Å²) >= 11 is 6.63. The molecule has 2 N–H and O–H groups in total. The molecule has 0 saturated carbocycles. The van der Waals surface area contributed by atoms with Gasteiger partial charge in [-0.2, -0.15) is 5.10 Å². The largest absolute Gasteiger partial charge is 0.495 e. The summed E-state index contributed by atoms with van der Waals surface area (Å²) in [5, 5.41) is 5.16. The predicted molar refractivity (Wildman–Crippen MR) is 117 cm³/mol. The standard InChI is InChI=1S/C22H26ClN5O2/c1-14-20(15-4-3-5-17(29-2)19(15)23)28-16(6-9-25-28)21(26-14)27-10-7-22(8-11-27)13-30-12-18(22)24/h3-6,9,18H,7-8,10-13,24H2,1-2H3/t18-/m1/s1. The second-order valence-corrected chi connectivity index (χ2v) is 8.67. The normalized spacial score (nSPS) is 20.9. The number of piperidine rings is 1. The Morgan fingerprint density at radius 2 is 2.07 bits per heavy atom. The Kier molecular flexibility index (Phi) is 4.84. The topological polar surface area (TPSA) is 77.9 Å². The lowest BCUT2D eigenvalue weighted by molar-refractivity contribution is 0.132. The number of anilines is 1. The van der Waals surface area contributed by atoms with Gasteiger partial charge in [0.15, 0.2) is 5.82 Å². The molecule has 5 rings (SSSR count). The number of aromatic nitrogens is 3. The van der Waals surface area contributed by atoms with E-state index in [1.807, 2.05) is 41.9 Å². The molecular weight excluding hydrogens is 402 g/mol. The third kappa shape index (κ3) is 2.95. The van der Waals surface area contributed by atoms with Crippen LogP contribution < -0.4 is 15.4 Å². The maximum Gasteiger partial charge on any atom is 0.155 e. The minimum absolute atomic E-state index is 0.107. The summed E-state index contributed by atoms with van der Waals surface area (Å²) in [6.45, 7) is 5.25. The quantitative estimate of drug-likeness (QED) is 0.690. The summed E-state index contributed by atoms with van der Waals surface area (Å²) in [6, 6.07) is 7.89. The first-order valence-corrected chi connectivity index (χ1v) is 10.7. The van der Waals surface area contributed by atoms with Crippen LogP contribution in [0.15, 0.2) is 30.5 Å². The van der Waals surface area contributed by atoms with Gasteiger partial charge in [-0.1, -0.05) is 23.7 Å². The van der Waals surface area contributed by atoms with Crippen LogP contribution >= 0.6 is 11.6 Å². The molecule has 2 saturated heterocycles. The van der Waals surface area contributed by atoms with Crippen LogP contribution in [0.2, 0.25) is 5.02 Å². The fourth-order valence-electron chi connectivity index (χ4n) is 4.82. The van der Waals surface area contributed by atoms with E-state index in [1.54, 1.807) is 7.11 Å². The summed E-state index contributed by atoms with van der Waals surface area (Å²) in [5.41, 5.74) is 10.0. The van der Waals surface area contributed by atoms with Gasteiger partial charge in [-0.05, 0) is 31.9 Å². The van der Waals surface area contributed by atoms with Crippen molar-refractivity contribution in [3.8, 4) is 17.0 Å². The molecule has 0 aliphatic carbocycles. The zero-order chi connectivity index (χ0) is 20.9. The zero-order valence-electron chi connectivity index (χ0n) is 17.3. The minimum atomic E-state index is 0.107. The van der Waals surface area contributed by atoms with Crippen LogP contribution in [0, 0.1) is 12.3 Å². The van der Waals surface area contributed by atoms with E-state index in [4.69, 9.17) is 31.8 Å². The third-order valence-electron chi connectivity index (χ3n) is 6.67. The Hall–Kier alpha value is -2.35. The van der Waals surface area contributed by atoms with Gasteiger partial charge in [0, 0.05) is 30.1 Å². The van der Waals surface area contributed by atoms with Crippen molar-refractivity contribution in [3.63, 3.8) is 0 Å². The summed E-state index contributed by atoms with van der Waals surface area (Å²) in [7, 11) is 1.62. The SMILES string of the molecule is COc1cccc(-c2c(C)nc(N3CCC4(CC3)COC[C@H]4N)c3ccnn23)c1Cl. The van der Waals surface area contributed by atoms with E-state index in [2.05, 4.69) is 10.00 Å². The van der Waals surface area contributed by atoms with E-state index in [0.29, 0.717) is 17.4 Å². The molecule has 8 heteroatoms. The Morgan fingerprint density at radius 3 is 2.77 bits per heavy atom. The van der Waals surface area contributed by atoms with Crippen LogP contribution in [0.4, 0.5) is 5.82 Å². The molecule has 0 unspecified atom stereocenters. The van der Waals surface area contributed by atoms with Crippen LogP contribution in [0.1, 0.15) is 18.5 Å². The minimum Gasteiger partial charge on any atom is -0.495 e. The van der Waals surface area contributed by atoms with Crippen molar-refractivity contribution in [1.82, 2.24) is 14.6 Å². The van der Waals surface area contributed by atoms with Crippen molar-refractivity contribution < 1.29 is 9.47 Å². The molecule has 30 heavy (non-hydrogen) atoms. The molecular formula is C22H26ClN5O2. The van der Waals surface area contributed by atoms with Gasteiger partial charge in [0.05, 0.1) is 42.9 Å². The van der Waals surface area contributed by atoms with Crippen molar-refractivity contribution in [1.29, 1.82) is 0 Å². The number of methoxy groups -OCH3 is 1. The predicted octanol–water partition coefficient (Wildman–Crippen LogP) is 3.31. The number of rotatable bonds is 3. The maximum atomic E-state index is 6.63. The Balaban J connectivity index is 1.54. The van der Waals surface area contributed by atoms with E-state index in [9.17, 15) is 0 Å². The molecule has 0 radical (unpaired) electrons. The number of hydrogen-bond donors (Lipinski definition) is 1. The number of benzene rings is 1. The maximum absolute atomic E-state index is 6.63. The lowest BCUT2D eigenvalue weighted by atomic mass is 9.75. The van der Waals surface area contributed by atoms with E-state index in [0.717, 1.165) is 60.8 Å².